The first-order chi connectivity index (χ1) is 7.45. The summed E-state index contributed by atoms with van der Waals surface area (Å²) < 4.78 is 6.13. The Morgan fingerprint density at radius 2 is 1.00 bits per heavy atom. The van der Waals surface area contributed by atoms with Gasteiger partial charge in [0.25, 0.3) is 0 Å². The van der Waals surface area contributed by atoms with E-state index in [2.05, 4.69) is 0 Å². The van der Waals surface area contributed by atoms with Gasteiger partial charge in [-0.25, -0.2) is 0 Å². The van der Waals surface area contributed by atoms with E-state index in [0.717, 1.165) is 7.11 Å². The molecule has 0 aromatic heterocycles. The molecule has 2 heteroatoms. The first kappa shape index (κ1) is 13.0. The van der Waals surface area contributed by atoms with Gasteiger partial charge in [-0.1, -0.05) is 38.5 Å². The molecule has 15 heavy (non-hydrogen) atoms. The SMILES string of the molecule is C1CCC(OC2CCCCC2)CC1.CO. The third kappa shape index (κ3) is 4.98. The van der Waals surface area contributed by atoms with Gasteiger partial charge in [0.1, 0.15) is 0 Å². The van der Waals surface area contributed by atoms with Crippen LogP contribution >= 0.6 is 0 Å². The molecule has 1 N–H and O–H groups in total. The van der Waals surface area contributed by atoms with E-state index in [-0.39, 0.29) is 0 Å². The number of aliphatic hydroxyl groups excluding tert-OH is 1. The molecule has 0 saturated heterocycles. The Kier molecular flexibility index (Phi) is 7.03. The molecule has 0 spiro atoms. The van der Waals surface area contributed by atoms with Gasteiger partial charge in [-0.15, -0.1) is 0 Å². The van der Waals surface area contributed by atoms with E-state index in [4.69, 9.17) is 9.84 Å². The Morgan fingerprint density at radius 1 is 0.667 bits per heavy atom. The Hall–Kier alpha value is -0.0800. The first-order valence-electron chi connectivity index (χ1n) is 6.55. The van der Waals surface area contributed by atoms with Gasteiger partial charge in [-0.3, -0.25) is 0 Å². The number of rotatable bonds is 2. The van der Waals surface area contributed by atoms with Crippen molar-refractivity contribution in [2.45, 2.75) is 76.4 Å². The molecule has 2 aliphatic carbocycles. The molecule has 2 rings (SSSR count). The zero-order valence-electron chi connectivity index (χ0n) is 10.1. The van der Waals surface area contributed by atoms with Crippen molar-refractivity contribution < 1.29 is 9.84 Å². The molecule has 0 unspecified atom stereocenters. The molecule has 0 atom stereocenters. The summed E-state index contributed by atoms with van der Waals surface area (Å²) in [6.45, 7) is 0. The lowest BCUT2D eigenvalue weighted by atomic mass is 9.95. The van der Waals surface area contributed by atoms with Gasteiger partial charge >= 0.3 is 0 Å². The zero-order valence-corrected chi connectivity index (χ0v) is 10.1. The minimum atomic E-state index is 0.622. The molecule has 2 nitrogen and oxygen atoms in total. The van der Waals surface area contributed by atoms with Crippen LogP contribution in [0.3, 0.4) is 0 Å². The van der Waals surface area contributed by atoms with Gasteiger partial charge in [-0.2, -0.15) is 0 Å². The van der Waals surface area contributed by atoms with Crippen molar-refractivity contribution in [3.63, 3.8) is 0 Å². The fourth-order valence-electron chi connectivity index (χ4n) is 2.67. The van der Waals surface area contributed by atoms with Gasteiger partial charge in [0.2, 0.25) is 0 Å². The van der Waals surface area contributed by atoms with E-state index in [1.54, 1.807) is 0 Å². The summed E-state index contributed by atoms with van der Waals surface area (Å²) in [7, 11) is 1.00. The summed E-state index contributed by atoms with van der Waals surface area (Å²) in [5, 5.41) is 7.00. The number of ether oxygens (including phenoxy) is 1. The average Bonchev–Trinajstić information content (AvgIpc) is 2.34. The third-order valence-corrected chi connectivity index (χ3v) is 3.49. The van der Waals surface area contributed by atoms with Crippen LogP contribution in [0.4, 0.5) is 0 Å². The lowest BCUT2D eigenvalue weighted by Gasteiger charge is -2.29. The highest BCUT2D eigenvalue weighted by atomic mass is 16.5. The number of hydrogen-bond donors (Lipinski definition) is 1. The second-order valence-corrected chi connectivity index (χ2v) is 4.66. The first-order valence-corrected chi connectivity index (χ1v) is 6.55. The summed E-state index contributed by atoms with van der Waals surface area (Å²) in [4.78, 5) is 0. The summed E-state index contributed by atoms with van der Waals surface area (Å²) in [6, 6.07) is 0. The standard InChI is InChI=1S/C12H22O.CH4O/c1-3-7-11(8-4-1)13-12-9-5-2-6-10-12;1-2/h11-12H,1-10H2;2H,1H3. The fraction of sp³-hybridized carbons (Fsp3) is 1.00. The summed E-state index contributed by atoms with van der Waals surface area (Å²) in [5.41, 5.74) is 0. The predicted octanol–water partition coefficient (Wildman–Crippen LogP) is 3.28. The van der Waals surface area contributed by atoms with Crippen molar-refractivity contribution >= 4 is 0 Å². The van der Waals surface area contributed by atoms with E-state index in [9.17, 15) is 0 Å². The summed E-state index contributed by atoms with van der Waals surface area (Å²) >= 11 is 0. The smallest absolute Gasteiger partial charge is 0.0578 e. The lowest BCUT2D eigenvalue weighted by Crippen LogP contribution is -2.25. The second-order valence-electron chi connectivity index (χ2n) is 4.66. The highest BCUT2D eigenvalue weighted by Gasteiger charge is 2.20. The monoisotopic (exact) mass is 214 g/mol. The maximum Gasteiger partial charge on any atom is 0.0578 e. The van der Waals surface area contributed by atoms with Gasteiger partial charge in [0, 0.05) is 7.11 Å². The molecule has 2 saturated carbocycles. The highest BCUT2D eigenvalue weighted by Crippen LogP contribution is 2.26. The van der Waals surface area contributed by atoms with Crippen molar-refractivity contribution in [2.24, 2.45) is 0 Å². The van der Waals surface area contributed by atoms with Crippen molar-refractivity contribution in [1.82, 2.24) is 0 Å². The van der Waals surface area contributed by atoms with Crippen LogP contribution in [0.5, 0.6) is 0 Å². The Labute approximate surface area is 94.0 Å². The minimum absolute atomic E-state index is 0.622. The lowest BCUT2D eigenvalue weighted by molar-refractivity contribution is -0.0450. The molecular formula is C13H26O2. The predicted molar refractivity (Wildman–Crippen MR) is 63.0 cm³/mol. The van der Waals surface area contributed by atoms with Gasteiger partial charge in [0.15, 0.2) is 0 Å². The van der Waals surface area contributed by atoms with E-state index >= 15 is 0 Å². The molecular weight excluding hydrogens is 188 g/mol. The van der Waals surface area contributed by atoms with Crippen LogP contribution in [0.15, 0.2) is 0 Å². The van der Waals surface area contributed by atoms with Crippen LogP contribution in [-0.4, -0.2) is 24.4 Å². The van der Waals surface area contributed by atoms with Gasteiger partial charge in [-0.05, 0) is 25.7 Å². The number of hydrogen-bond acceptors (Lipinski definition) is 2. The molecule has 0 aromatic rings. The molecule has 0 aromatic carbocycles. The summed E-state index contributed by atoms with van der Waals surface area (Å²) in [6.07, 6.45) is 15.0. The van der Waals surface area contributed by atoms with Crippen molar-refractivity contribution in [3.05, 3.63) is 0 Å². The normalized spacial score (nSPS) is 24.4. The van der Waals surface area contributed by atoms with Crippen LogP contribution in [-0.2, 0) is 4.74 Å². The topological polar surface area (TPSA) is 29.5 Å². The van der Waals surface area contributed by atoms with E-state index in [1.807, 2.05) is 0 Å². The Bertz CT molecular complexity index is 119. The average molecular weight is 214 g/mol. The highest BCUT2D eigenvalue weighted by molar-refractivity contribution is 4.71. The van der Waals surface area contributed by atoms with Gasteiger partial charge in [0.05, 0.1) is 12.2 Å². The molecule has 0 radical (unpaired) electrons. The van der Waals surface area contributed by atoms with Crippen LogP contribution in [0.25, 0.3) is 0 Å². The molecule has 0 heterocycles. The third-order valence-electron chi connectivity index (χ3n) is 3.49. The molecule has 2 aliphatic rings. The van der Waals surface area contributed by atoms with Crippen molar-refractivity contribution in [3.8, 4) is 0 Å². The van der Waals surface area contributed by atoms with Crippen molar-refractivity contribution in [2.75, 3.05) is 7.11 Å². The molecule has 0 bridgehead atoms. The molecule has 0 aliphatic heterocycles. The molecule has 90 valence electrons. The van der Waals surface area contributed by atoms with Crippen molar-refractivity contribution in [1.29, 1.82) is 0 Å². The largest absolute Gasteiger partial charge is 0.400 e. The quantitative estimate of drug-likeness (QED) is 0.764. The maximum absolute atomic E-state index is 7.00. The molecule has 0 amide bonds. The van der Waals surface area contributed by atoms with Crippen LogP contribution in [0.2, 0.25) is 0 Å². The minimum Gasteiger partial charge on any atom is -0.400 e. The Morgan fingerprint density at radius 3 is 1.33 bits per heavy atom. The van der Waals surface area contributed by atoms with E-state index < -0.39 is 0 Å². The second kappa shape index (κ2) is 8.12. The molecule has 2 fully saturated rings. The fourth-order valence-corrected chi connectivity index (χ4v) is 2.67. The van der Waals surface area contributed by atoms with Crippen LogP contribution < -0.4 is 0 Å². The van der Waals surface area contributed by atoms with E-state index in [0.29, 0.717) is 12.2 Å². The Balaban J connectivity index is 0.000000531. The zero-order chi connectivity index (χ0) is 10.9. The number of aliphatic hydroxyl groups is 1. The maximum atomic E-state index is 7.00. The van der Waals surface area contributed by atoms with E-state index in [1.165, 1.54) is 64.2 Å². The van der Waals surface area contributed by atoms with Gasteiger partial charge < -0.3 is 9.84 Å². The van der Waals surface area contributed by atoms with Crippen LogP contribution in [0.1, 0.15) is 64.2 Å². The summed E-state index contributed by atoms with van der Waals surface area (Å²) in [5.74, 6) is 0. The van der Waals surface area contributed by atoms with Crippen LogP contribution in [0, 0.1) is 0 Å².